The zero-order chi connectivity index (χ0) is 14.0. The summed E-state index contributed by atoms with van der Waals surface area (Å²) in [5.74, 6) is -0.858. The molecule has 0 heterocycles. The molecule has 5 nitrogen and oxygen atoms in total. The van der Waals surface area contributed by atoms with Gasteiger partial charge in [0, 0.05) is 6.04 Å². The van der Waals surface area contributed by atoms with E-state index >= 15 is 0 Å². The van der Waals surface area contributed by atoms with Crippen molar-refractivity contribution in [2.45, 2.75) is 65.0 Å². The van der Waals surface area contributed by atoms with Gasteiger partial charge in [0.05, 0.1) is 5.41 Å². The minimum absolute atomic E-state index is 0.362. The lowest BCUT2D eigenvalue weighted by Crippen LogP contribution is -2.53. The summed E-state index contributed by atoms with van der Waals surface area (Å²) >= 11 is 0. The number of ether oxygens (including phenoxy) is 1. The van der Waals surface area contributed by atoms with Crippen LogP contribution in [0.4, 0.5) is 4.79 Å². The quantitative estimate of drug-likeness (QED) is 0.797. The first-order valence-electron chi connectivity index (χ1n) is 6.38. The van der Waals surface area contributed by atoms with Crippen molar-refractivity contribution in [2.75, 3.05) is 0 Å². The third-order valence-corrected chi connectivity index (χ3v) is 3.39. The van der Waals surface area contributed by atoms with Crippen molar-refractivity contribution in [3.05, 3.63) is 0 Å². The van der Waals surface area contributed by atoms with E-state index in [-0.39, 0.29) is 6.04 Å². The molecule has 0 radical (unpaired) electrons. The van der Waals surface area contributed by atoms with Crippen LogP contribution in [0.1, 0.15) is 53.4 Å². The first kappa shape index (κ1) is 14.8. The van der Waals surface area contributed by atoms with Crippen LogP contribution in [0.5, 0.6) is 0 Å². The van der Waals surface area contributed by atoms with E-state index in [2.05, 4.69) is 5.32 Å². The Kier molecular flexibility index (Phi) is 4.24. The molecular formula is C13H23NO4. The standard InChI is InChI=1S/C13H23NO4/c1-12(2,3)18-11(17)14-9-7-5-6-8-13(9,4)10(15)16/h9H,5-8H2,1-4H3,(H,14,17)(H,15,16). The van der Waals surface area contributed by atoms with Gasteiger partial charge in [0.25, 0.3) is 0 Å². The van der Waals surface area contributed by atoms with Gasteiger partial charge >= 0.3 is 12.1 Å². The molecule has 0 saturated heterocycles. The zero-order valence-electron chi connectivity index (χ0n) is 11.6. The average Bonchev–Trinajstić information content (AvgIpc) is 2.18. The Hall–Kier alpha value is -1.26. The average molecular weight is 257 g/mol. The van der Waals surface area contributed by atoms with Gasteiger partial charge in [0.15, 0.2) is 0 Å². The van der Waals surface area contributed by atoms with Crippen LogP contribution in [-0.2, 0) is 9.53 Å². The van der Waals surface area contributed by atoms with E-state index < -0.39 is 23.1 Å². The third kappa shape index (κ3) is 3.62. The normalized spacial score (nSPS) is 28.6. The number of hydrogen-bond acceptors (Lipinski definition) is 3. The van der Waals surface area contributed by atoms with Gasteiger partial charge in [-0.2, -0.15) is 0 Å². The van der Waals surface area contributed by atoms with Gasteiger partial charge in [-0.25, -0.2) is 4.79 Å². The lowest BCUT2D eigenvalue weighted by Gasteiger charge is -2.38. The number of hydrogen-bond donors (Lipinski definition) is 2. The second kappa shape index (κ2) is 5.16. The smallest absolute Gasteiger partial charge is 0.407 e. The van der Waals surface area contributed by atoms with Crippen molar-refractivity contribution in [1.29, 1.82) is 0 Å². The van der Waals surface area contributed by atoms with Gasteiger partial charge in [0.1, 0.15) is 5.60 Å². The zero-order valence-corrected chi connectivity index (χ0v) is 11.6. The minimum Gasteiger partial charge on any atom is -0.481 e. The van der Waals surface area contributed by atoms with E-state index in [0.717, 1.165) is 12.8 Å². The Morgan fingerprint density at radius 1 is 1.33 bits per heavy atom. The lowest BCUT2D eigenvalue weighted by atomic mass is 9.72. The molecular weight excluding hydrogens is 234 g/mol. The highest BCUT2D eigenvalue weighted by Crippen LogP contribution is 2.36. The SMILES string of the molecule is CC(C)(C)OC(=O)NC1CCCCC1(C)C(=O)O. The van der Waals surface area contributed by atoms with Crippen LogP contribution in [0.15, 0.2) is 0 Å². The second-order valence-corrected chi connectivity index (χ2v) is 6.17. The number of aliphatic carboxylic acids is 1. The summed E-state index contributed by atoms with van der Waals surface area (Å²) < 4.78 is 5.17. The van der Waals surface area contributed by atoms with Crippen molar-refractivity contribution in [3.63, 3.8) is 0 Å². The number of carbonyl (C=O) groups excluding carboxylic acids is 1. The number of carbonyl (C=O) groups is 2. The molecule has 1 fully saturated rings. The summed E-state index contributed by atoms with van der Waals surface area (Å²) in [6, 6.07) is -0.362. The van der Waals surface area contributed by atoms with Gasteiger partial charge in [-0.05, 0) is 40.5 Å². The number of amides is 1. The molecule has 0 aliphatic heterocycles. The molecule has 0 aromatic carbocycles. The van der Waals surface area contributed by atoms with E-state index in [1.54, 1.807) is 27.7 Å². The minimum atomic E-state index is -0.894. The Morgan fingerprint density at radius 2 is 1.94 bits per heavy atom. The monoisotopic (exact) mass is 257 g/mol. The Morgan fingerprint density at radius 3 is 2.44 bits per heavy atom. The predicted molar refractivity (Wildman–Crippen MR) is 67.4 cm³/mol. The van der Waals surface area contributed by atoms with E-state index in [0.29, 0.717) is 12.8 Å². The maximum absolute atomic E-state index is 11.7. The van der Waals surface area contributed by atoms with E-state index in [1.165, 1.54) is 0 Å². The molecule has 1 rings (SSSR count). The lowest BCUT2D eigenvalue weighted by molar-refractivity contribution is -0.151. The Labute approximate surface area is 108 Å². The fraction of sp³-hybridized carbons (Fsp3) is 0.846. The molecule has 1 saturated carbocycles. The van der Waals surface area contributed by atoms with Crippen LogP contribution in [0.3, 0.4) is 0 Å². The number of rotatable bonds is 2. The summed E-state index contributed by atoms with van der Waals surface area (Å²) in [6.45, 7) is 7.04. The second-order valence-electron chi connectivity index (χ2n) is 6.17. The maximum Gasteiger partial charge on any atom is 0.407 e. The van der Waals surface area contributed by atoms with Gasteiger partial charge in [0.2, 0.25) is 0 Å². The molecule has 0 aromatic heterocycles. The van der Waals surface area contributed by atoms with E-state index in [4.69, 9.17) is 4.74 Å². The van der Waals surface area contributed by atoms with Gasteiger partial charge in [-0.3, -0.25) is 4.79 Å². The highest BCUT2D eigenvalue weighted by atomic mass is 16.6. The summed E-state index contributed by atoms with van der Waals surface area (Å²) in [5.41, 5.74) is -1.46. The van der Waals surface area contributed by atoms with E-state index in [1.807, 2.05) is 0 Å². The fourth-order valence-electron chi connectivity index (χ4n) is 2.27. The Bertz CT molecular complexity index is 334. The van der Waals surface area contributed by atoms with Crippen molar-refractivity contribution in [3.8, 4) is 0 Å². The molecule has 2 atom stereocenters. The topological polar surface area (TPSA) is 75.6 Å². The largest absolute Gasteiger partial charge is 0.481 e. The third-order valence-electron chi connectivity index (χ3n) is 3.39. The van der Waals surface area contributed by atoms with Crippen LogP contribution in [0.25, 0.3) is 0 Å². The number of carboxylic acids is 1. The fourth-order valence-corrected chi connectivity index (χ4v) is 2.27. The van der Waals surface area contributed by atoms with Crippen LogP contribution in [0, 0.1) is 5.41 Å². The van der Waals surface area contributed by atoms with Crippen molar-refractivity contribution in [2.24, 2.45) is 5.41 Å². The van der Waals surface area contributed by atoms with Crippen molar-refractivity contribution in [1.82, 2.24) is 5.32 Å². The molecule has 0 aromatic rings. The molecule has 0 spiro atoms. The molecule has 1 aliphatic rings. The van der Waals surface area contributed by atoms with Crippen LogP contribution in [0.2, 0.25) is 0 Å². The van der Waals surface area contributed by atoms with Gasteiger partial charge in [-0.15, -0.1) is 0 Å². The summed E-state index contributed by atoms with van der Waals surface area (Å²) in [4.78, 5) is 23.1. The molecule has 1 aliphatic carbocycles. The molecule has 1 amide bonds. The number of nitrogens with one attached hydrogen (secondary N) is 1. The summed E-state index contributed by atoms with van der Waals surface area (Å²) in [5, 5.41) is 12.0. The van der Waals surface area contributed by atoms with Gasteiger partial charge in [-0.1, -0.05) is 12.8 Å². The molecule has 104 valence electrons. The maximum atomic E-state index is 11.7. The molecule has 0 bridgehead atoms. The molecule has 5 heteroatoms. The van der Waals surface area contributed by atoms with Crippen LogP contribution in [-0.4, -0.2) is 28.8 Å². The molecule has 2 N–H and O–H groups in total. The number of alkyl carbamates (subject to hydrolysis) is 1. The Balaban J connectivity index is 2.69. The highest BCUT2D eigenvalue weighted by molar-refractivity contribution is 5.77. The number of carboxylic acid groups (broad SMARTS) is 1. The first-order valence-corrected chi connectivity index (χ1v) is 6.38. The first-order chi connectivity index (χ1) is 8.15. The van der Waals surface area contributed by atoms with Gasteiger partial charge < -0.3 is 15.2 Å². The van der Waals surface area contributed by atoms with E-state index in [9.17, 15) is 14.7 Å². The summed E-state index contributed by atoms with van der Waals surface area (Å²) in [6.07, 6.45) is 2.55. The molecule has 18 heavy (non-hydrogen) atoms. The predicted octanol–water partition coefficient (Wildman–Crippen LogP) is 2.54. The highest BCUT2D eigenvalue weighted by Gasteiger charge is 2.44. The van der Waals surface area contributed by atoms with Crippen LogP contribution >= 0.6 is 0 Å². The van der Waals surface area contributed by atoms with Crippen LogP contribution < -0.4 is 5.32 Å². The molecule has 2 unspecified atom stereocenters. The van der Waals surface area contributed by atoms with Crippen molar-refractivity contribution >= 4 is 12.1 Å². The summed E-state index contributed by atoms with van der Waals surface area (Å²) in [7, 11) is 0. The van der Waals surface area contributed by atoms with Crippen molar-refractivity contribution < 1.29 is 19.4 Å².